The molecule has 172 valence electrons. The van der Waals surface area contributed by atoms with Gasteiger partial charge >= 0.3 is 11.9 Å². The van der Waals surface area contributed by atoms with Gasteiger partial charge in [0.05, 0.1) is 38.1 Å². The van der Waals surface area contributed by atoms with E-state index >= 15 is 0 Å². The fourth-order valence-electron chi connectivity index (χ4n) is 3.46. The fraction of sp³-hybridized carbons (Fsp3) is 0.231. The molecule has 33 heavy (non-hydrogen) atoms. The maximum atomic E-state index is 12.2. The number of rotatable bonds is 10. The van der Waals surface area contributed by atoms with Crippen LogP contribution in [-0.4, -0.2) is 37.9 Å². The first-order valence-corrected chi connectivity index (χ1v) is 10.9. The molecule has 0 aliphatic carbocycles. The number of thiol groups is 1. The molecule has 3 aromatic carbocycles. The minimum Gasteiger partial charge on any atom is -0.493 e. The van der Waals surface area contributed by atoms with Gasteiger partial charge in [-0.3, -0.25) is 4.79 Å². The van der Waals surface area contributed by atoms with Gasteiger partial charge in [-0.05, 0) is 40.5 Å². The Morgan fingerprint density at radius 1 is 0.909 bits per heavy atom. The summed E-state index contributed by atoms with van der Waals surface area (Å²) >= 11 is 4.61. The van der Waals surface area contributed by atoms with Crippen LogP contribution in [-0.2, 0) is 22.4 Å². The molecule has 0 aliphatic heterocycles. The average Bonchev–Trinajstić information content (AvgIpc) is 2.83. The van der Waals surface area contributed by atoms with E-state index in [1.54, 1.807) is 38.5 Å². The number of carbonyl (C=O) groups excluding carboxylic acids is 1. The van der Waals surface area contributed by atoms with Crippen molar-refractivity contribution in [2.24, 2.45) is 0 Å². The molecule has 0 amide bonds. The molecule has 1 atom stereocenters. The number of aromatic carboxylic acids is 1. The highest BCUT2D eigenvalue weighted by molar-refractivity contribution is 7.80. The third-order valence-corrected chi connectivity index (χ3v) is 5.81. The lowest BCUT2D eigenvalue weighted by molar-refractivity contribution is -0.142. The lowest BCUT2D eigenvalue weighted by atomic mass is 9.98. The van der Waals surface area contributed by atoms with E-state index in [0.29, 0.717) is 23.5 Å². The van der Waals surface area contributed by atoms with Crippen LogP contribution in [0.4, 0.5) is 0 Å². The maximum Gasteiger partial charge on any atom is 0.336 e. The smallest absolute Gasteiger partial charge is 0.336 e. The summed E-state index contributed by atoms with van der Waals surface area (Å²) in [4.78, 5) is 23.7. The predicted molar refractivity (Wildman–Crippen MR) is 129 cm³/mol. The van der Waals surface area contributed by atoms with Crippen molar-refractivity contribution < 1.29 is 28.9 Å². The van der Waals surface area contributed by atoms with Gasteiger partial charge in [-0.25, -0.2) is 4.79 Å². The highest BCUT2D eigenvalue weighted by Gasteiger charge is 2.17. The molecule has 0 aliphatic rings. The van der Waals surface area contributed by atoms with Crippen molar-refractivity contribution in [2.45, 2.75) is 18.1 Å². The van der Waals surface area contributed by atoms with Gasteiger partial charge in [-0.15, -0.1) is 0 Å². The molecular formula is C26H26O6S. The van der Waals surface area contributed by atoms with Crippen molar-refractivity contribution >= 4 is 24.6 Å². The van der Waals surface area contributed by atoms with Crippen LogP contribution in [0.5, 0.6) is 11.5 Å². The standard InChI is InChI=1S/C26H26O6S/c1-30-22-12-9-18(15-23(22)31-2)13-14-32-24(27)16-17-7-10-19(11-8-17)25(33)20-5-3-4-6-21(20)26(28)29/h3-12,15,25,33H,13-14,16H2,1-2H3,(H,28,29). The molecule has 0 spiro atoms. The van der Waals surface area contributed by atoms with E-state index in [4.69, 9.17) is 14.2 Å². The second-order valence-corrected chi connectivity index (χ2v) is 7.89. The van der Waals surface area contributed by atoms with Crippen molar-refractivity contribution in [3.8, 4) is 11.5 Å². The molecule has 0 heterocycles. The molecule has 3 rings (SSSR count). The van der Waals surface area contributed by atoms with Gasteiger partial charge in [0.2, 0.25) is 0 Å². The van der Waals surface area contributed by atoms with Crippen LogP contribution < -0.4 is 9.47 Å². The van der Waals surface area contributed by atoms with Crippen molar-refractivity contribution in [3.05, 3.63) is 94.5 Å². The third kappa shape index (κ3) is 6.29. The minimum absolute atomic E-state index is 0.148. The van der Waals surface area contributed by atoms with E-state index < -0.39 is 5.97 Å². The summed E-state index contributed by atoms with van der Waals surface area (Å²) in [5.74, 6) is -0.0227. The SMILES string of the molecule is COc1ccc(CCOC(=O)Cc2ccc(C(S)c3ccccc3C(=O)O)cc2)cc1OC. The zero-order valence-corrected chi connectivity index (χ0v) is 19.4. The van der Waals surface area contributed by atoms with E-state index in [1.165, 1.54) is 0 Å². The molecule has 0 fully saturated rings. The molecule has 0 radical (unpaired) electrons. The molecular weight excluding hydrogens is 440 g/mol. The highest BCUT2D eigenvalue weighted by atomic mass is 32.1. The number of methoxy groups -OCH3 is 2. The number of hydrogen-bond donors (Lipinski definition) is 2. The van der Waals surface area contributed by atoms with Crippen molar-refractivity contribution in [3.63, 3.8) is 0 Å². The average molecular weight is 467 g/mol. The molecule has 7 heteroatoms. The second kappa shape index (κ2) is 11.4. The maximum absolute atomic E-state index is 12.2. The van der Waals surface area contributed by atoms with E-state index in [-0.39, 0.29) is 29.8 Å². The number of carboxylic acid groups (broad SMARTS) is 1. The Kier molecular flexibility index (Phi) is 8.38. The lowest BCUT2D eigenvalue weighted by Crippen LogP contribution is -2.11. The molecule has 0 saturated carbocycles. The highest BCUT2D eigenvalue weighted by Crippen LogP contribution is 2.31. The van der Waals surface area contributed by atoms with E-state index in [9.17, 15) is 14.7 Å². The molecule has 0 saturated heterocycles. The largest absolute Gasteiger partial charge is 0.493 e. The van der Waals surface area contributed by atoms with Crippen molar-refractivity contribution in [1.29, 1.82) is 0 Å². The van der Waals surface area contributed by atoms with Gasteiger partial charge in [-0.2, -0.15) is 12.6 Å². The quantitative estimate of drug-likeness (QED) is 0.332. The topological polar surface area (TPSA) is 82.1 Å². The van der Waals surface area contributed by atoms with Gasteiger partial charge in [0.25, 0.3) is 0 Å². The predicted octanol–water partition coefficient (Wildman–Crippen LogP) is 4.75. The van der Waals surface area contributed by atoms with Crippen molar-refractivity contribution in [1.82, 2.24) is 0 Å². The number of esters is 1. The molecule has 3 aromatic rings. The first kappa shape index (κ1) is 24.2. The Hall–Kier alpha value is -3.45. The van der Waals surface area contributed by atoms with Crippen LogP contribution in [0.2, 0.25) is 0 Å². The van der Waals surface area contributed by atoms with Crippen LogP contribution in [0.15, 0.2) is 66.7 Å². The van der Waals surface area contributed by atoms with E-state index in [1.807, 2.05) is 42.5 Å². The van der Waals surface area contributed by atoms with Gasteiger partial charge in [0.1, 0.15) is 0 Å². The summed E-state index contributed by atoms with van der Waals surface area (Å²) in [6.07, 6.45) is 0.713. The van der Waals surface area contributed by atoms with Gasteiger partial charge in [-0.1, -0.05) is 48.5 Å². The monoisotopic (exact) mass is 466 g/mol. The summed E-state index contributed by atoms with van der Waals surface area (Å²) in [6.45, 7) is 0.261. The minimum atomic E-state index is -0.989. The number of carboxylic acids is 1. The van der Waals surface area contributed by atoms with Crippen LogP contribution in [0, 0.1) is 0 Å². The fourth-order valence-corrected chi connectivity index (χ4v) is 3.86. The molecule has 1 unspecified atom stereocenters. The third-order valence-electron chi connectivity index (χ3n) is 5.23. The van der Waals surface area contributed by atoms with Gasteiger partial charge in [0.15, 0.2) is 11.5 Å². The van der Waals surface area contributed by atoms with Crippen LogP contribution >= 0.6 is 12.6 Å². The van der Waals surface area contributed by atoms with Crippen molar-refractivity contribution in [2.75, 3.05) is 20.8 Å². The van der Waals surface area contributed by atoms with Crippen LogP contribution in [0.3, 0.4) is 0 Å². The second-order valence-electron chi connectivity index (χ2n) is 7.37. The Morgan fingerprint density at radius 3 is 2.24 bits per heavy atom. The van der Waals surface area contributed by atoms with E-state index in [0.717, 1.165) is 16.7 Å². The van der Waals surface area contributed by atoms with Gasteiger partial charge < -0.3 is 19.3 Å². The first-order chi connectivity index (χ1) is 15.9. The Morgan fingerprint density at radius 2 is 1.58 bits per heavy atom. The van der Waals surface area contributed by atoms with Gasteiger partial charge in [0, 0.05) is 6.42 Å². The normalized spacial score (nSPS) is 11.5. The lowest BCUT2D eigenvalue weighted by Gasteiger charge is -2.15. The summed E-state index contributed by atoms with van der Waals surface area (Å²) in [7, 11) is 3.16. The number of hydrogen-bond acceptors (Lipinski definition) is 6. The Balaban J connectivity index is 1.55. The summed E-state index contributed by atoms with van der Waals surface area (Å²) < 4.78 is 15.9. The molecule has 1 N–H and O–H groups in total. The Labute approximate surface area is 198 Å². The van der Waals surface area contributed by atoms with E-state index in [2.05, 4.69) is 12.6 Å². The Bertz CT molecular complexity index is 1110. The first-order valence-electron chi connectivity index (χ1n) is 10.4. The molecule has 6 nitrogen and oxygen atoms in total. The number of carbonyl (C=O) groups is 2. The molecule has 0 aromatic heterocycles. The summed E-state index contributed by atoms with van der Waals surface area (Å²) in [5.41, 5.74) is 3.47. The number of benzene rings is 3. The zero-order valence-electron chi connectivity index (χ0n) is 18.5. The molecule has 0 bridgehead atoms. The zero-order chi connectivity index (χ0) is 23.8. The summed E-state index contributed by atoms with van der Waals surface area (Å²) in [5, 5.41) is 9.01. The van der Waals surface area contributed by atoms with Crippen LogP contribution in [0.1, 0.15) is 37.9 Å². The summed E-state index contributed by atoms with van der Waals surface area (Å²) in [6, 6.07) is 19.7. The van der Waals surface area contributed by atoms with Crippen LogP contribution in [0.25, 0.3) is 0 Å². The number of ether oxygens (including phenoxy) is 3.